The van der Waals surface area contributed by atoms with Crippen LogP contribution in [0.4, 0.5) is 13.2 Å². The first kappa shape index (κ1) is 16.0. The summed E-state index contributed by atoms with van der Waals surface area (Å²) in [5.74, 6) is -3.93. The highest BCUT2D eigenvalue weighted by atomic mass is 35.5. The Labute approximate surface area is 103 Å². The Hall–Kier alpha value is -0.980. The van der Waals surface area contributed by atoms with Gasteiger partial charge < -0.3 is 15.6 Å². The van der Waals surface area contributed by atoms with E-state index in [4.69, 9.17) is 10.8 Å². The van der Waals surface area contributed by atoms with E-state index in [1.54, 1.807) is 0 Å². The van der Waals surface area contributed by atoms with E-state index in [0.717, 1.165) is 7.11 Å². The van der Waals surface area contributed by atoms with Gasteiger partial charge in [0.1, 0.15) is 5.82 Å². The standard InChI is InChI=1S/C10H12F3NO2.ClH/c1-16-10-8(12)3-7(11)6(9(10)13)2-5(14)4-15;/h3,5,15H,2,4,14H2,1H3;1H. The first-order chi connectivity index (χ1) is 7.51. The van der Waals surface area contributed by atoms with E-state index >= 15 is 0 Å². The molecule has 7 heteroatoms. The molecule has 0 bridgehead atoms. The second-order valence-corrected chi connectivity index (χ2v) is 3.31. The van der Waals surface area contributed by atoms with Crippen molar-refractivity contribution >= 4 is 12.4 Å². The Morgan fingerprint density at radius 1 is 1.35 bits per heavy atom. The highest BCUT2D eigenvalue weighted by Gasteiger charge is 2.20. The highest BCUT2D eigenvalue weighted by Crippen LogP contribution is 2.27. The maximum absolute atomic E-state index is 13.5. The molecule has 0 aliphatic heterocycles. The second-order valence-electron chi connectivity index (χ2n) is 3.31. The quantitative estimate of drug-likeness (QED) is 0.870. The minimum Gasteiger partial charge on any atom is -0.491 e. The van der Waals surface area contributed by atoms with E-state index in [1.807, 2.05) is 0 Å². The van der Waals surface area contributed by atoms with Gasteiger partial charge in [-0.1, -0.05) is 0 Å². The summed E-state index contributed by atoms with van der Waals surface area (Å²) >= 11 is 0. The van der Waals surface area contributed by atoms with Gasteiger partial charge in [0.2, 0.25) is 0 Å². The molecule has 1 rings (SSSR count). The van der Waals surface area contributed by atoms with Crippen molar-refractivity contribution < 1.29 is 23.0 Å². The molecule has 0 fully saturated rings. The molecule has 17 heavy (non-hydrogen) atoms. The lowest BCUT2D eigenvalue weighted by atomic mass is 10.0. The summed E-state index contributed by atoms with van der Waals surface area (Å²) in [4.78, 5) is 0. The Balaban J connectivity index is 0.00000256. The van der Waals surface area contributed by atoms with Gasteiger partial charge >= 0.3 is 0 Å². The van der Waals surface area contributed by atoms with Gasteiger partial charge in [0, 0.05) is 17.7 Å². The van der Waals surface area contributed by atoms with Crippen LogP contribution in [0.3, 0.4) is 0 Å². The molecular weight excluding hydrogens is 259 g/mol. The molecule has 1 aromatic rings. The van der Waals surface area contributed by atoms with Crippen molar-refractivity contribution in [3.63, 3.8) is 0 Å². The average Bonchev–Trinajstić information content (AvgIpc) is 2.24. The number of nitrogens with two attached hydrogens (primary N) is 1. The van der Waals surface area contributed by atoms with Crippen LogP contribution in [-0.4, -0.2) is 24.9 Å². The molecule has 98 valence electrons. The SMILES string of the molecule is COc1c(F)cc(F)c(CC(N)CO)c1F.Cl. The van der Waals surface area contributed by atoms with E-state index in [2.05, 4.69) is 4.74 Å². The third-order valence-electron chi connectivity index (χ3n) is 2.13. The van der Waals surface area contributed by atoms with Gasteiger partial charge in [-0.2, -0.15) is 0 Å². The van der Waals surface area contributed by atoms with Crippen molar-refractivity contribution in [2.75, 3.05) is 13.7 Å². The summed E-state index contributed by atoms with van der Waals surface area (Å²) in [6.07, 6.45) is -0.231. The number of rotatable bonds is 4. The predicted molar refractivity (Wildman–Crippen MR) is 58.9 cm³/mol. The van der Waals surface area contributed by atoms with E-state index in [9.17, 15) is 13.2 Å². The van der Waals surface area contributed by atoms with Crippen LogP contribution in [0.2, 0.25) is 0 Å². The van der Waals surface area contributed by atoms with Crippen molar-refractivity contribution in [2.45, 2.75) is 12.5 Å². The fourth-order valence-electron chi connectivity index (χ4n) is 1.31. The normalized spacial score (nSPS) is 11.9. The number of hydrogen-bond acceptors (Lipinski definition) is 3. The average molecular weight is 272 g/mol. The van der Waals surface area contributed by atoms with Gasteiger partial charge in [0.05, 0.1) is 13.7 Å². The number of ether oxygens (including phenoxy) is 1. The minimum absolute atomic E-state index is 0. The van der Waals surface area contributed by atoms with Gasteiger partial charge in [-0.25, -0.2) is 13.2 Å². The Morgan fingerprint density at radius 2 is 1.94 bits per heavy atom. The lowest BCUT2D eigenvalue weighted by Crippen LogP contribution is -2.28. The smallest absolute Gasteiger partial charge is 0.190 e. The van der Waals surface area contributed by atoms with Crippen LogP contribution in [0.25, 0.3) is 0 Å². The third-order valence-corrected chi connectivity index (χ3v) is 2.13. The zero-order valence-electron chi connectivity index (χ0n) is 9.04. The second kappa shape index (κ2) is 6.68. The fourth-order valence-corrected chi connectivity index (χ4v) is 1.31. The van der Waals surface area contributed by atoms with Crippen molar-refractivity contribution in [3.8, 4) is 5.75 Å². The molecule has 0 aromatic heterocycles. The minimum atomic E-state index is -1.12. The summed E-state index contributed by atoms with van der Waals surface area (Å²) in [5.41, 5.74) is 4.97. The number of halogens is 4. The van der Waals surface area contributed by atoms with E-state index in [-0.39, 0.29) is 24.4 Å². The van der Waals surface area contributed by atoms with Crippen LogP contribution < -0.4 is 10.5 Å². The Morgan fingerprint density at radius 3 is 2.41 bits per heavy atom. The zero-order valence-corrected chi connectivity index (χ0v) is 9.86. The van der Waals surface area contributed by atoms with E-state index < -0.39 is 35.8 Å². The van der Waals surface area contributed by atoms with Crippen molar-refractivity contribution in [3.05, 3.63) is 29.1 Å². The molecule has 0 saturated heterocycles. The van der Waals surface area contributed by atoms with Gasteiger partial charge in [-0.05, 0) is 6.42 Å². The molecule has 0 spiro atoms. The summed E-state index contributed by atoms with van der Waals surface area (Å²) in [5, 5.41) is 8.68. The van der Waals surface area contributed by atoms with Crippen molar-refractivity contribution in [1.82, 2.24) is 0 Å². The summed E-state index contributed by atoms with van der Waals surface area (Å²) in [6.45, 7) is -0.418. The monoisotopic (exact) mass is 271 g/mol. The lowest BCUT2D eigenvalue weighted by Gasteiger charge is -2.12. The number of benzene rings is 1. The lowest BCUT2D eigenvalue weighted by molar-refractivity contribution is 0.263. The molecule has 1 aromatic carbocycles. The van der Waals surface area contributed by atoms with Crippen LogP contribution in [-0.2, 0) is 6.42 Å². The van der Waals surface area contributed by atoms with Gasteiger partial charge in [0.25, 0.3) is 0 Å². The first-order valence-electron chi connectivity index (χ1n) is 4.58. The molecule has 0 heterocycles. The van der Waals surface area contributed by atoms with Crippen LogP contribution in [0, 0.1) is 17.5 Å². The van der Waals surface area contributed by atoms with E-state index in [1.165, 1.54) is 0 Å². The zero-order chi connectivity index (χ0) is 12.3. The summed E-state index contributed by atoms with van der Waals surface area (Å²) < 4.78 is 44.3. The van der Waals surface area contributed by atoms with Gasteiger partial charge in [0.15, 0.2) is 17.4 Å². The molecule has 0 saturated carbocycles. The number of hydrogen-bond donors (Lipinski definition) is 2. The number of aliphatic hydroxyl groups is 1. The summed E-state index contributed by atoms with van der Waals surface area (Å²) in [7, 11) is 1.08. The molecule has 3 N–H and O–H groups in total. The molecule has 0 aliphatic carbocycles. The molecule has 0 radical (unpaired) electrons. The summed E-state index contributed by atoms with van der Waals surface area (Å²) in [6, 6.07) is -0.277. The predicted octanol–water partition coefficient (Wildman–Crippen LogP) is 1.40. The highest BCUT2D eigenvalue weighted by molar-refractivity contribution is 5.85. The topological polar surface area (TPSA) is 55.5 Å². The van der Waals surface area contributed by atoms with Gasteiger partial charge in [-0.3, -0.25) is 0 Å². The first-order valence-corrected chi connectivity index (χ1v) is 4.58. The van der Waals surface area contributed by atoms with Crippen LogP contribution in [0.5, 0.6) is 5.75 Å². The maximum Gasteiger partial charge on any atom is 0.190 e. The van der Waals surface area contributed by atoms with Crippen LogP contribution >= 0.6 is 12.4 Å². The Kier molecular flexibility index (Phi) is 6.30. The third kappa shape index (κ3) is 3.49. The van der Waals surface area contributed by atoms with Gasteiger partial charge in [-0.15, -0.1) is 12.4 Å². The molecule has 3 nitrogen and oxygen atoms in total. The van der Waals surface area contributed by atoms with Crippen LogP contribution in [0.15, 0.2) is 6.07 Å². The fraction of sp³-hybridized carbons (Fsp3) is 0.400. The van der Waals surface area contributed by atoms with E-state index in [0.29, 0.717) is 6.07 Å². The number of methoxy groups -OCH3 is 1. The molecular formula is C10H13ClF3NO2. The molecule has 1 atom stereocenters. The maximum atomic E-state index is 13.5. The molecule has 0 amide bonds. The Bertz CT molecular complexity index is 390. The van der Waals surface area contributed by atoms with Crippen molar-refractivity contribution in [2.24, 2.45) is 5.73 Å². The largest absolute Gasteiger partial charge is 0.491 e. The van der Waals surface area contributed by atoms with Crippen molar-refractivity contribution in [1.29, 1.82) is 0 Å². The van der Waals surface area contributed by atoms with Crippen LogP contribution in [0.1, 0.15) is 5.56 Å². The molecule has 1 unspecified atom stereocenters. The molecule has 0 aliphatic rings. The number of aliphatic hydroxyl groups excluding tert-OH is 1.